The molecule has 0 unspecified atom stereocenters. The fourth-order valence-corrected chi connectivity index (χ4v) is 3.59. The number of hydrogen-bond donors (Lipinski definition) is 0. The molecule has 0 bridgehead atoms. The molecule has 0 aliphatic heterocycles. The molecule has 0 aliphatic carbocycles. The van der Waals surface area contributed by atoms with Crippen molar-refractivity contribution < 1.29 is 0 Å². The molecule has 3 rings (SSSR count). The van der Waals surface area contributed by atoms with Crippen LogP contribution in [-0.2, 0) is 0 Å². The van der Waals surface area contributed by atoms with Gasteiger partial charge < -0.3 is 4.90 Å². The molecule has 0 atom stereocenters. The zero-order valence-electron chi connectivity index (χ0n) is 15.9. The summed E-state index contributed by atoms with van der Waals surface area (Å²) < 4.78 is 1.96. The number of aromatic nitrogens is 2. The molecule has 3 nitrogen and oxygen atoms in total. The van der Waals surface area contributed by atoms with Crippen molar-refractivity contribution in [1.29, 1.82) is 0 Å². The van der Waals surface area contributed by atoms with Gasteiger partial charge in [-0.2, -0.15) is 5.10 Å². The maximum absolute atomic E-state index is 4.82. The Morgan fingerprint density at radius 2 is 1.48 bits per heavy atom. The van der Waals surface area contributed by atoms with E-state index in [0.29, 0.717) is 0 Å². The van der Waals surface area contributed by atoms with Gasteiger partial charge in [0.05, 0.1) is 11.4 Å². The Hall–Kier alpha value is -2.55. The summed E-state index contributed by atoms with van der Waals surface area (Å²) in [6.07, 6.45) is 2.04. The minimum Gasteiger partial charge on any atom is -0.372 e. The maximum Gasteiger partial charge on any atom is 0.0932 e. The first-order valence-electron chi connectivity index (χ1n) is 9.02. The van der Waals surface area contributed by atoms with Gasteiger partial charge in [-0.05, 0) is 76.1 Å². The number of rotatable bonds is 5. The van der Waals surface area contributed by atoms with Gasteiger partial charge in [0.25, 0.3) is 0 Å². The van der Waals surface area contributed by atoms with E-state index in [1.54, 1.807) is 0 Å². The predicted molar refractivity (Wildman–Crippen MR) is 107 cm³/mol. The van der Waals surface area contributed by atoms with Crippen molar-refractivity contribution in [2.24, 2.45) is 0 Å². The molecule has 3 heteroatoms. The lowest BCUT2D eigenvalue weighted by atomic mass is 9.98. The molecule has 0 saturated carbocycles. The summed E-state index contributed by atoms with van der Waals surface area (Å²) in [7, 11) is 0. The Balaban J connectivity index is 1.92. The highest BCUT2D eigenvalue weighted by molar-refractivity contribution is 5.68. The fourth-order valence-electron chi connectivity index (χ4n) is 3.59. The van der Waals surface area contributed by atoms with Gasteiger partial charge in [0.2, 0.25) is 0 Å². The minimum absolute atomic E-state index is 1.02. The van der Waals surface area contributed by atoms with E-state index in [4.69, 9.17) is 5.10 Å². The minimum atomic E-state index is 1.02. The number of hydrogen-bond acceptors (Lipinski definition) is 2. The lowest BCUT2D eigenvalue weighted by molar-refractivity contribution is 0.860. The number of benzene rings is 2. The SMILES string of the molecule is CCN(CC)c1ccc(-n2ccc(-c3c(C)cc(C)cc3C)n2)cc1. The first-order valence-corrected chi connectivity index (χ1v) is 9.02. The summed E-state index contributed by atoms with van der Waals surface area (Å²) in [5.74, 6) is 0. The molecule has 0 N–H and O–H groups in total. The van der Waals surface area contributed by atoms with Gasteiger partial charge in [-0.1, -0.05) is 17.7 Å². The standard InChI is InChI=1S/C22H27N3/c1-6-24(7-2)19-8-10-20(11-9-19)25-13-12-21(23-25)22-17(4)14-16(3)15-18(22)5/h8-15H,6-7H2,1-5H3. The average molecular weight is 333 g/mol. The molecule has 0 saturated heterocycles. The monoisotopic (exact) mass is 333 g/mol. The Labute approximate surface area is 150 Å². The molecule has 0 amide bonds. The van der Waals surface area contributed by atoms with E-state index in [9.17, 15) is 0 Å². The second-order valence-electron chi connectivity index (χ2n) is 6.61. The van der Waals surface area contributed by atoms with Gasteiger partial charge in [0.1, 0.15) is 0 Å². The Bertz CT molecular complexity index is 832. The van der Waals surface area contributed by atoms with Crippen LogP contribution >= 0.6 is 0 Å². The van der Waals surface area contributed by atoms with E-state index < -0.39 is 0 Å². The van der Waals surface area contributed by atoms with Crippen molar-refractivity contribution in [2.75, 3.05) is 18.0 Å². The normalized spacial score (nSPS) is 10.9. The lowest BCUT2D eigenvalue weighted by Crippen LogP contribution is -2.21. The van der Waals surface area contributed by atoms with Crippen LogP contribution in [0.1, 0.15) is 30.5 Å². The van der Waals surface area contributed by atoms with Crippen LogP contribution in [0, 0.1) is 20.8 Å². The van der Waals surface area contributed by atoms with Crippen molar-refractivity contribution in [3.05, 3.63) is 65.4 Å². The summed E-state index contributed by atoms with van der Waals surface area (Å²) in [5.41, 5.74) is 8.47. The predicted octanol–water partition coefficient (Wildman–Crippen LogP) is 5.31. The third-order valence-corrected chi connectivity index (χ3v) is 4.77. The first-order chi connectivity index (χ1) is 12.0. The number of anilines is 1. The third-order valence-electron chi connectivity index (χ3n) is 4.77. The van der Waals surface area contributed by atoms with Crippen LogP contribution in [-0.4, -0.2) is 22.9 Å². The quantitative estimate of drug-likeness (QED) is 0.631. The zero-order valence-corrected chi connectivity index (χ0v) is 15.9. The molecular weight excluding hydrogens is 306 g/mol. The fraction of sp³-hybridized carbons (Fsp3) is 0.318. The maximum atomic E-state index is 4.82. The van der Waals surface area contributed by atoms with E-state index in [1.165, 1.54) is 27.9 Å². The molecule has 0 spiro atoms. The molecule has 3 aromatic rings. The molecule has 1 heterocycles. The van der Waals surface area contributed by atoms with E-state index in [0.717, 1.165) is 24.5 Å². The molecule has 25 heavy (non-hydrogen) atoms. The van der Waals surface area contributed by atoms with Crippen molar-refractivity contribution in [3.8, 4) is 16.9 Å². The first kappa shape index (κ1) is 17.3. The molecule has 2 aromatic carbocycles. The van der Waals surface area contributed by atoms with Crippen molar-refractivity contribution >= 4 is 5.69 Å². The smallest absolute Gasteiger partial charge is 0.0932 e. The molecule has 0 fully saturated rings. The van der Waals surface area contributed by atoms with Gasteiger partial charge in [0.15, 0.2) is 0 Å². The molecule has 1 aromatic heterocycles. The van der Waals surface area contributed by atoms with Crippen molar-refractivity contribution in [3.63, 3.8) is 0 Å². The summed E-state index contributed by atoms with van der Waals surface area (Å²) >= 11 is 0. The highest BCUT2D eigenvalue weighted by atomic mass is 15.3. The highest BCUT2D eigenvalue weighted by Crippen LogP contribution is 2.27. The molecule has 0 aliphatic rings. The Morgan fingerprint density at radius 1 is 0.880 bits per heavy atom. The molecule has 0 radical (unpaired) electrons. The van der Waals surface area contributed by atoms with Crippen LogP contribution in [0.15, 0.2) is 48.7 Å². The van der Waals surface area contributed by atoms with Crippen LogP contribution in [0.3, 0.4) is 0 Å². The number of aryl methyl sites for hydroxylation is 3. The van der Waals surface area contributed by atoms with E-state index >= 15 is 0 Å². The summed E-state index contributed by atoms with van der Waals surface area (Å²) in [4.78, 5) is 2.34. The van der Waals surface area contributed by atoms with Gasteiger partial charge >= 0.3 is 0 Å². The van der Waals surface area contributed by atoms with Crippen LogP contribution in [0.2, 0.25) is 0 Å². The average Bonchev–Trinajstić information content (AvgIpc) is 3.05. The summed E-state index contributed by atoms with van der Waals surface area (Å²) in [6, 6.07) is 15.2. The van der Waals surface area contributed by atoms with Crippen LogP contribution in [0.25, 0.3) is 16.9 Å². The van der Waals surface area contributed by atoms with Crippen LogP contribution < -0.4 is 4.90 Å². The Kier molecular flexibility index (Phi) is 4.93. The van der Waals surface area contributed by atoms with Gasteiger partial charge in [-0.25, -0.2) is 4.68 Å². The van der Waals surface area contributed by atoms with E-state index in [1.807, 2.05) is 10.9 Å². The third kappa shape index (κ3) is 3.46. The van der Waals surface area contributed by atoms with E-state index in [2.05, 4.69) is 82.0 Å². The second kappa shape index (κ2) is 7.14. The van der Waals surface area contributed by atoms with Crippen molar-refractivity contribution in [1.82, 2.24) is 9.78 Å². The van der Waals surface area contributed by atoms with Crippen molar-refractivity contribution in [2.45, 2.75) is 34.6 Å². The summed E-state index contributed by atoms with van der Waals surface area (Å²) in [5, 5.41) is 4.82. The highest BCUT2D eigenvalue weighted by Gasteiger charge is 2.10. The van der Waals surface area contributed by atoms with E-state index in [-0.39, 0.29) is 0 Å². The van der Waals surface area contributed by atoms with Crippen LogP contribution in [0.5, 0.6) is 0 Å². The topological polar surface area (TPSA) is 21.1 Å². The largest absolute Gasteiger partial charge is 0.372 e. The van der Waals surface area contributed by atoms with Gasteiger partial charge in [-0.15, -0.1) is 0 Å². The number of nitrogens with zero attached hydrogens (tertiary/aromatic N) is 3. The molecule has 130 valence electrons. The van der Waals surface area contributed by atoms with Gasteiger partial charge in [-0.3, -0.25) is 0 Å². The second-order valence-corrected chi connectivity index (χ2v) is 6.61. The Morgan fingerprint density at radius 3 is 2.04 bits per heavy atom. The molecular formula is C22H27N3. The van der Waals surface area contributed by atoms with Crippen LogP contribution in [0.4, 0.5) is 5.69 Å². The lowest BCUT2D eigenvalue weighted by Gasteiger charge is -2.21. The van der Waals surface area contributed by atoms with Gasteiger partial charge in [0, 0.05) is 30.5 Å². The zero-order chi connectivity index (χ0) is 18.0. The summed E-state index contributed by atoms with van der Waals surface area (Å²) in [6.45, 7) is 12.9.